The number of rotatable bonds is 7. The second-order valence-electron chi connectivity index (χ2n) is 9.13. The summed E-state index contributed by atoms with van der Waals surface area (Å²) < 4.78 is 55.7. The lowest BCUT2D eigenvalue weighted by atomic mass is 10.1. The number of aromatic nitrogens is 2. The Kier molecular flexibility index (Phi) is 9.54. The van der Waals surface area contributed by atoms with Crippen LogP contribution in [0.15, 0.2) is 75.9 Å². The van der Waals surface area contributed by atoms with Gasteiger partial charge in [0, 0.05) is 35.8 Å². The van der Waals surface area contributed by atoms with E-state index in [0.29, 0.717) is 29.4 Å². The van der Waals surface area contributed by atoms with Crippen LogP contribution in [0.25, 0.3) is 11.5 Å². The second kappa shape index (κ2) is 12.9. The maximum absolute atomic E-state index is 12.9. The van der Waals surface area contributed by atoms with Crippen LogP contribution in [0, 0.1) is 0 Å². The lowest BCUT2D eigenvalue weighted by Gasteiger charge is -2.26. The van der Waals surface area contributed by atoms with Gasteiger partial charge in [0.25, 0.3) is 0 Å². The fourth-order valence-corrected chi connectivity index (χ4v) is 4.37. The molecular formula is C28H24Cl2F3N3O5. The Hall–Kier alpha value is -3.64. The van der Waals surface area contributed by atoms with Crippen LogP contribution >= 0.6 is 24.0 Å². The summed E-state index contributed by atoms with van der Waals surface area (Å²) in [6.45, 7) is 3.69. The summed E-state index contributed by atoms with van der Waals surface area (Å²) >= 11 is 6.15. The Bertz CT molecular complexity index is 1550. The molecule has 1 saturated heterocycles. The number of carbonyl (C=O) groups excluding carboxylic acids is 1. The molecule has 0 N–H and O–H groups in total. The van der Waals surface area contributed by atoms with E-state index >= 15 is 0 Å². The van der Waals surface area contributed by atoms with Crippen LogP contribution < -0.4 is 10.5 Å². The van der Waals surface area contributed by atoms with Crippen LogP contribution in [0.3, 0.4) is 0 Å². The number of halogens is 5. The van der Waals surface area contributed by atoms with Crippen molar-refractivity contribution in [3.8, 4) is 17.2 Å². The van der Waals surface area contributed by atoms with Gasteiger partial charge in [0.15, 0.2) is 0 Å². The first-order chi connectivity index (χ1) is 19.2. The number of hydrogen-bond donors (Lipinski definition) is 0. The topological polar surface area (TPSA) is 86.8 Å². The molecule has 0 unspecified atom stereocenters. The Balaban J connectivity index is 0.00000387. The lowest BCUT2D eigenvalue weighted by Crippen LogP contribution is -2.35. The number of alkyl halides is 3. The molecule has 0 spiro atoms. The quantitative estimate of drug-likeness (QED) is 0.196. The number of nitrogens with zero attached hydrogens (tertiary/aromatic N) is 3. The number of hydrogen-bond acceptors (Lipinski definition) is 7. The van der Waals surface area contributed by atoms with Crippen molar-refractivity contribution in [2.24, 2.45) is 0 Å². The van der Waals surface area contributed by atoms with Gasteiger partial charge in [-0.3, -0.25) is 4.90 Å². The van der Waals surface area contributed by atoms with Gasteiger partial charge >= 0.3 is 17.9 Å². The Morgan fingerprint density at radius 1 is 0.976 bits per heavy atom. The van der Waals surface area contributed by atoms with Gasteiger partial charge in [0.05, 0.1) is 30.9 Å². The highest BCUT2D eigenvalue weighted by Gasteiger charge is 2.30. The first kappa shape index (κ1) is 30.3. The molecule has 3 aromatic carbocycles. The van der Waals surface area contributed by atoms with E-state index in [2.05, 4.69) is 10.00 Å². The molecule has 2 heterocycles. The molecule has 1 aliphatic heterocycles. The van der Waals surface area contributed by atoms with Gasteiger partial charge in [-0.25, -0.2) is 9.59 Å². The summed E-state index contributed by atoms with van der Waals surface area (Å²) in [4.78, 5) is 27.6. The fraction of sp³-hybridized carbons (Fsp3) is 0.250. The summed E-state index contributed by atoms with van der Waals surface area (Å²) in [5, 5.41) is 4.43. The highest BCUT2D eigenvalue weighted by atomic mass is 35.5. The SMILES string of the molecule is Cl.O=C(Oc1ccc(Cl)cc1Cn1nc(-c2ccc(C(F)(F)F)cc2)oc1=O)c1ccc(CN2CCOCC2)cc1. The molecule has 5 rings (SSSR count). The standard InChI is InChI=1S/C28H23ClF3N3O5.ClH/c29-23-9-10-24(39-26(36)20-3-1-18(2-4-20)16-34-11-13-38-14-12-34)21(15-23)17-35-27(37)40-25(33-35)19-5-7-22(8-6-19)28(30,31)32;/h1-10,15H,11-14,16-17H2;1H. The van der Waals surface area contributed by atoms with E-state index in [0.717, 1.165) is 54.1 Å². The van der Waals surface area contributed by atoms with Gasteiger partial charge in [-0.2, -0.15) is 17.9 Å². The molecule has 216 valence electrons. The van der Waals surface area contributed by atoms with E-state index in [1.807, 2.05) is 12.1 Å². The third-order valence-electron chi connectivity index (χ3n) is 6.31. The molecule has 4 aromatic rings. The molecule has 0 saturated carbocycles. The van der Waals surface area contributed by atoms with Gasteiger partial charge < -0.3 is 13.9 Å². The fourth-order valence-electron chi connectivity index (χ4n) is 4.18. The zero-order valence-electron chi connectivity index (χ0n) is 21.4. The van der Waals surface area contributed by atoms with Crippen molar-refractivity contribution in [3.05, 3.63) is 105 Å². The minimum absolute atomic E-state index is 0. The van der Waals surface area contributed by atoms with Gasteiger partial charge in [-0.15, -0.1) is 17.5 Å². The summed E-state index contributed by atoms with van der Waals surface area (Å²) in [7, 11) is 0. The van der Waals surface area contributed by atoms with Crippen LogP contribution in [0.1, 0.15) is 27.0 Å². The first-order valence-corrected chi connectivity index (χ1v) is 12.7. The summed E-state index contributed by atoms with van der Waals surface area (Å²) in [6.07, 6.45) is -4.50. The molecule has 1 fully saturated rings. The minimum Gasteiger partial charge on any atom is -0.423 e. The third kappa shape index (κ3) is 7.56. The zero-order chi connectivity index (χ0) is 28.3. The normalized spacial score (nSPS) is 14.0. The molecular weight excluding hydrogens is 586 g/mol. The highest BCUT2D eigenvalue weighted by molar-refractivity contribution is 6.30. The summed E-state index contributed by atoms with van der Waals surface area (Å²) in [5.41, 5.74) is 1.13. The van der Waals surface area contributed by atoms with E-state index in [1.54, 1.807) is 12.1 Å². The summed E-state index contributed by atoms with van der Waals surface area (Å²) in [5.74, 6) is -1.43. The Morgan fingerprint density at radius 3 is 2.32 bits per heavy atom. The van der Waals surface area contributed by atoms with E-state index < -0.39 is 23.5 Å². The van der Waals surface area contributed by atoms with Crippen LogP contribution in [-0.4, -0.2) is 47.0 Å². The van der Waals surface area contributed by atoms with Gasteiger partial charge in [-0.05, 0) is 60.2 Å². The smallest absolute Gasteiger partial charge is 0.423 e. The van der Waals surface area contributed by atoms with Crippen molar-refractivity contribution in [2.45, 2.75) is 19.3 Å². The van der Waals surface area contributed by atoms with Crippen LogP contribution in [0.4, 0.5) is 13.2 Å². The molecule has 8 nitrogen and oxygen atoms in total. The number of carbonyl (C=O) groups is 1. The van der Waals surface area contributed by atoms with Gasteiger partial charge in [0.2, 0.25) is 5.89 Å². The van der Waals surface area contributed by atoms with Gasteiger partial charge in [-0.1, -0.05) is 23.7 Å². The average molecular weight is 610 g/mol. The average Bonchev–Trinajstić information content (AvgIpc) is 3.30. The van der Waals surface area contributed by atoms with E-state index in [1.165, 1.54) is 18.2 Å². The van der Waals surface area contributed by atoms with Crippen LogP contribution in [0.5, 0.6) is 5.75 Å². The highest BCUT2D eigenvalue weighted by Crippen LogP contribution is 2.31. The van der Waals surface area contributed by atoms with Crippen molar-refractivity contribution in [1.82, 2.24) is 14.7 Å². The molecule has 0 radical (unpaired) electrons. The lowest BCUT2D eigenvalue weighted by molar-refractivity contribution is -0.137. The predicted molar refractivity (Wildman–Crippen MR) is 146 cm³/mol. The molecule has 0 amide bonds. The third-order valence-corrected chi connectivity index (χ3v) is 6.55. The number of morpholine rings is 1. The molecule has 0 bridgehead atoms. The molecule has 13 heteroatoms. The molecule has 41 heavy (non-hydrogen) atoms. The van der Waals surface area contributed by atoms with Crippen molar-refractivity contribution in [2.75, 3.05) is 26.3 Å². The van der Waals surface area contributed by atoms with E-state index in [-0.39, 0.29) is 36.2 Å². The largest absolute Gasteiger partial charge is 0.437 e. The van der Waals surface area contributed by atoms with Crippen LogP contribution in [0.2, 0.25) is 5.02 Å². The minimum atomic E-state index is -4.50. The van der Waals surface area contributed by atoms with Gasteiger partial charge in [0.1, 0.15) is 5.75 Å². The molecule has 0 aliphatic carbocycles. The van der Waals surface area contributed by atoms with E-state index in [9.17, 15) is 22.8 Å². The molecule has 0 atom stereocenters. The zero-order valence-corrected chi connectivity index (χ0v) is 23.0. The molecule has 1 aromatic heterocycles. The van der Waals surface area contributed by atoms with Crippen LogP contribution in [-0.2, 0) is 24.0 Å². The summed E-state index contributed by atoms with van der Waals surface area (Å²) in [6, 6.07) is 15.7. The number of ether oxygens (including phenoxy) is 2. The number of esters is 1. The Labute approximate surface area is 243 Å². The van der Waals surface area contributed by atoms with E-state index in [4.69, 9.17) is 25.5 Å². The Morgan fingerprint density at radius 2 is 1.66 bits per heavy atom. The maximum atomic E-state index is 12.9. The van der Waals surface area contributed by atoms with Crippen molar-refractivity contribution in [1.29, 1.82) is 0 Å². The monoisotopic (exact) mass is 609 g/mol. The number of benzene rings is 3. The van der Waals surface area contributed by atoms with Crippen molar-refractivity contribution >= 4 is 30.0 Å². The van der Waals surface area contributed by atoms with Crippen molar-refractivity contribution in [3.63, 3.8) is 0 Å². The van der Waals surface area contributed by atoms with Crippen molar-refractivity contribution < 1.29 is 31.9 Å². The molecule has 1 aliphatic rings. The maximum Gasteiger partial charge on any atom is 0.437 e. The predicted octanol–water partition coefficient (Wildman–Crippen LogP) is 5.70. The second-order valence-corrected chi connectivity index (χ2v) is 9.57. The first-order valence-electron chi connectivity index (χ1n) is 12.3.